The zero-order valence-corrected chi connectivity index (χ0v) is 68.6. The van der Waals surface area contributed by atoms with Crippen LogP contribution in [-0.2, 0) is 35.2 Å². The molecule has 19 heteroatoms. The Hall–Kier alpha value is -7.47. The smallest absolute Gasteiger partial charge is 0.258 e. The van der Waals surface area contributed by atoms with E-state index in [4.69, 9.17) is 23.2 Å². The van der Waals surface area contributed by atoms with E-state index in [1.54, 1.807) is 4.68 Å². The van der Waals surface area contributed by atoms with Gasteiger partial charge in [0.1, 0.15) is 51.3 Å². The first-order chi connectivity index (χ1) is 46.2. The number of aryl methyl sites for hydroxylation is 8. The summed E-state index contributed by atoms with van der Waals surface area (Å²) >= 11 is 15.4. The van der Waals surface area contributed by atoms with Gasteiger partial charge in [0.15, 0.2) is 5.82 Å². The number of benzene rings is 3. The maximum atomic E-state index is 6.04. The lowest BCUT2D eigenvalue weighted by Gasteiger charge is -2.05. The molecule has 3 aromatic carbocycles. The van der Waals surface area contributed by atoms with E-state index in [1.807, 2.05) is 127 Å². The molecule has 1 aliphatic rings. The number of allylic oxidation sites excluding steroid dienone is 2. The van der Waals surface area contributed by atoms with Gasteiger partial charge in [-0.25, -0.2) is 29.5 Å². The highest BCUT2D eigenvalue weighted by molar-refractivity contribution is 9.10. The number of nitrogens with zero attached hydrogens (tertiary/aromatic N) is 16. The number of para-hydroxylation sites is 1. The minimum absolute atomic E-state index is 0.430. The Balaban J connectivity index is 0.000000243. The Morgan fingerprint density at radius 1 is 0.455 bits per heavy atom. The lowest BCUT2D eigenvalue weighted by Crippen LogP contribution is -2.32. The molecule has 7 aromatic heterocycles. The minimum atomic E-state index is 0.430. The van der Waals surface area contributed by atoms with Crippen LogP contribution >= 0.6 is 39.1 Å². The predicted molar refractivity (Wildman–Crippen MR) is 419 cm³/mol. The SMILES string of the molecule is CC1=C(C)N=C(C(C)C)C1.Cc1cc(C(C)C)nn1C.Cc1n(C)c(C(C)C)c[n+]1-c1cccc(Cl)c1.Cc1nc(C(C)C)c(Br)n1C.Cc1nc(C(C)C)cn1-c1ccc(Cl)cc1.Cc1nc(C(C)C)cn1-c1ccccc1.Cc1nc(C(C)C)nn1C.Cc1ncc(C(C)C)n1C. The van der Waals surface area contributed by atoms with Crippen molar-refractivity contribution in [2.75, 3.05) is 0 Å². The van der Waals surface area contributed by atoms with Crippen LogP contribution in [0.2, 0.25) is 10.0 Å². The molecule has 0 spiro atoms. The van der Waals surface area contributed by atoms with Crippen molar-refractivity contribution in [2.24, 2.45) is 46.1 Å². The summed E-state index contributed by atoms with van der Waals surface area (Å²) in [6, 6.07) is 28.2. The zero-order valence-electron chi connectivity index (χ0n) is 65.5. The normalized spacial score (nSPS) is 11.8. The van der Waals surface area contributed by atoms with Gasteiger partial charge < -0.3 is 18.3 Å². The molecule has 0 radical (unpaired) electrons. The first-order valence-electron chi connectivity index (χ1n) is 34.8. The molecule has 16 nitrogen and oxygen atoms in total. The molecule has 0 unspecified atom stereocenters. The van der Waals surface area contributed by atoms with Crippen molar-refractivity contribution in [1.29, 1.82) is 0 Å². The van der Waals surface area contributed by atoms with Gasteiger partial charge in [-0.05, 0) is 167 Å². The van der Waals surface area contributed by atoms with E-state index in [1.165, 1.54) is 51.3 Å². The summed E-state index contributed by atoms with van der Waals surface area (Å²) in [5, 5.41) is 10.1. The summed E-state index contributed by atoms with van der Waals surface area (Å²) in [6.07, 6.45) is 9.44. The van der Waals surface area contributed by atoms with Crippen LogP contribution < -0.4 is 4.57 Å². The molecule has 0 saturated heterocycles. The Morgan fingerprint density at radius 2 is 0.990 bits per heavy atom. The average molecular weight is 1450 g/mol. The fraction of sp³-hybridized carbons (Fsp3) is 0.487. The molecule has 0 fully saturated rings. The van der Waals surface area contributed by atoms with Crippen molar-refractivity contribution >= 4 is 44.8 Å². The third kappa shape index (κ3) is 24.7. The van der Waals surface area contributed by atoms with Crippen molar-refractivity contribution < 1.29 is 4.57 Å². The third-order valence-corrected chi connectivity index (χ3v) is 18.7. The highest BCUT2D eigenvalue weighted by atomic mass is 79.9. The van der Waals surface area contributed by atoms with Gasteiger partial charge in [-0.3, -0.25) is 14.4 Å². The minimum Gasteiger partial charge on any atom is -0.335 e. The van der Waals surface area contributed by atoms with Gasteiger partial charge in [-0.15, -0.1) is 0 Å². The number of hydrogen-bond donors (Lipinski definition) is 0. The molecular weight excluding hydrogens is 1340 g/mol. The van der Waals surface area contributed by atoms with Crippen molar-refractivity contribution in [3.05, 3.63) is 216 Å². The maximum Gasteiger partial charge on any atom is 0.258 e. The van der Waals surface area contributed by atoms with Crippen LogP contribution in [0.15, 0.2) is 131 Å². The van der Waals surface area contributed by atoms with Crippen LogP contribution in [0.5, 0.6) is 0 Å². The Labute approximate surface area is 613 Å². The number of halogens is 3. The van der Waals surface area contributed by atoms with E-state index in [9.17, 15) is 0 Å². The van der Waals surface area contributed by atoms with E-state index < -0.39 is 0 Å². The first kappa shape index (κ1) is 83.9. The second-order valence-electron chi connectivity index (χ2n) is 28.0. The van der Waals surface area contributed by atoms with Gasteiger partial charge in [0.05, 0.1) is 29.8 Å². The van der Waals surface area contributed by atoms with E-state index in [0.717, 1.165) is 84.5 Å². The molecule has 538 valence electrons. The van der Waals surface area contributed by atoms with Gasteiger partial charge in [0.2, 0.25) is 0 Å². The lowest BCUT2D eigenvalue weighted by molar-refractivity contribution is -0.602. The molecule has 11 rings (SSSR count). The van der Waals surface area contributed by atoms with E-state index in [2.05, 4.69) is 279 Å². The first-order valence-corrected chi connectivity index (χ1v) is 36.4. The fourth-order valence-corrected chi connectivity index (χ4v) is 11.2. The third-order valence-electron chi connectivity index (χ3n) is 17.2. The van der Waals surface area contributed by atoms with Gasteiger partial charge >= 0.3 is 0 Å². The molecule has 0 aliphatic carbocycles. The van der Waals surface area contributed by atoms with Crippen LogP contribution in [0.1, 0.15) is 253 Å². The standard InChI is InChI=1S/C14H18ClN2.C13H15ClN2.C13H16N2.C9H15N.C8H13BrN2.2C8H14N2.C7H13N3/c1-10(2)14-9-17(11(3)16(14)4)13-7-5-6-12(15)8-13;1-9(2)13-8-16(10(3)15-13)12-6-4-11(14)5-7-12;1-10(2)13-9-15(11(3)14-13)12-7-5-4-6-8-12;1-6(2)9-5-7(3)8(4)10-9;1-5(2)7-8(9)11(4)6(3)10-7;1-6(2)8-5-9-7(3)10(8)4;1-6(2)8-5-7(3)10(4)9-8;1-5(2)7-8-6(3)10(4)9-7/h5-10H,1-4H3;4-9H,1-3H3;4-10H,1-3H3;6H,5H2,1-4H3;5H,1-4H3;2*5-6H,1-4H3;5H,1-4H3/q+1;;;;;;;. The average Bonchev–Trinajstić information content (AvgIpc) is 1.67. The van der Waals surface area contributed by atoms with Gasteiger partial charge in [0, 0.05) is 122 Å². The molecule has 10 aromatic rings. The fourth-order valence-electron chi connectivity index (χ4n) is 10.1. The number of hydrogen-bond acceptors (Lipinski definition) is 8. The summed E-state index contributed by atoms with van der Waals surface area (Å²) in [6.45, 7) is 53.0. The van der Waals surface area contributed by atoms with Gasteiger partial charge in [-0.1, -0.05) is 158 Å². The number of aromatic nitrogens is 15. The van der Waals surface area contributed by atoms with Crippen LogP contribution in [0, 0.1) is 54.4 Å². The Kier molecular flexibility index (Phi) is 33.0. The predicted octanol–water partition coefficient (Wildman–Crippen LogP) is 21.0. The molecule has 0 N–H and O–H groups in total. The number of imidazole rings is 5. The van der Waals surface area contributed by atoms with Crippen LogP contribution in [-0.4, -0.2) is 73.0 Å². The molecular formula is C80H118BrCl2N16+. The second-order valence-corrected chi connectivity index (χ2v) is 29.7. The highest BCUT2D eigenvalue weighted by Gasteiger charge is 2.21. The molecule has 0 bridgehead atoms. The summed E-state index contributed by atoms with van der Waals surface area (Å²) in [5.41, 5.74) is 15.8. The van der Waals surface area contributed by atoms with Gasteiger partial charge in [-0.2, -0.15) is 14.8 Å². The maximum absolute atomic E-state index is 6.04. The molecule has 0 amide bonds. The largest absolute Gasteiger partial charge is 0.335 e. The zero-order chi connectivity index (χ0) is 74.6. The topological polar surface area (TPSA) is 141 Å². The Bertz CT molecular complexity index is 4080. The van der Waals surface area contributed by atoms with Crippen LogP contribution in [0.3, 0.4) is 0 Å². The van der Waals surface area contributed by atoms with Crippen molar-refractivity contribution in [3.63, 3.8) is 0 Å². The van der Waals surface area contributed by atoms with E-state index in [0.29, 0.717) is 47.3 Å². The van der Waals surface area contributed by atoms with Crippen LogP contribution in [0.25, 0.3) is 17.1 Å². The monoisotopic (exact) mass is 1450 g/mol. The van der Waals surface area contributed by atoms with Crippen molar-refractivity contribution in [3.8, 4) is 17.1 Å². The molecule has 8 heterocycles. The summed E-state index contributed by atoms with van der Waals surface area (Å²) in [7, 11) is 10.1. The molecule has 1 aliphatic heterocycles. The summed E-state index contributed by atoms with van der Waals surface area (Å²) < 4.78 is 17.6. The lowest BCUT2D eigenvalue weighted by atomic mass is 10.0. The van der Waals surface area contributed by atoms with Crippen LogP contribution in [0.4, 0.5) is 0 Å². The summed E-state index contributed by atoms with van der Waals surface area (Å²) in [5.74, 6) is 11.4. The molecule has 99 heavy (non-hydrogen) atoms. The number of aliphatic imine (C=N–C) groups is 1. The van der Waals surface area contributed by atoms with Crippen molar-refractivity contribution in [2.45, 2.75) is 221 Å². The number of rotatable bonds is 11. The van der Waals surface area contributed by atoms with Crippen molar-refractivity contribution in [1.82, 2.24) is 67.3 Å². The second kappa shape index (κ2) is 38.9. The Morgan fingerprint density at radius 3 is 1.30 bits per heavy atom. The van der Waals surface area contributed by atoms with E-state index >= 15 is 0 Å². The highest BCUT2D eigenvalue weighted by Crippen LogP contribution is 2.26. The molecule has 0 atom stereocenters. The van der Waals surface area contributed by atoms with E-state index in [-0.39, 0.29) is 0 Å². The summed E-state index contributed by atoms with van der Waals surface area (Å²) in [4.78, 5) is 26.4. The van der Waals surface area contributed by atoms with Gasteiger partial charge in [0.25, 0.3) is 5.82 Å². The quantitative estimate of drug-likeness (QED) is 0.117. The molecule has 0 saturated carbocycles.